The molecule has 3 rings (SSSR count). The molecule has 3 aromatic carbocycles. The molecule has 0 atom stereocenters. The summed E-state index contributed by atoms with van der Waals surface area (Å²) in [5.74, 6) is 0.998. The van der Waals surface area contributed by atoms with E-state index in [1.54, 1.807) is 37.4 Å². The Morgan fingerprint density at radius 3 is 2.55 bits per heavy atom. The number of benzene rings is 3. The molecule has 2 N–H and O–H groups in total. The van der Waals surface area contributed by atoms with Crippen LogP contribution in [-0.4, -0.2) is 18.1 Å². The van der Waals surface area contributed by atoms with Crippen molar-refractivity contribution < 1.29 is 14.3 Å². The summed E-state index contributed by atoms with van der Waals surface area (Å²) >= 11 is 8.66. The van der Waals surface area contributed by atoms with Crippen molar-refractivity contribution >= 4 is 44.9 Å². The molecule has 1 amide bonds. The molecular weight excluding hydrogens is 452 g/mol. The van der Waals surface area contributed by atoms with Gasteiger partial charge in [0.25, 0.3) is 5.91 Å². The van der Waals surface area contributed by atoms with Crippen LogP contribution in [0, 0.1) is 0 Å². The first-order chi connectivity index (χ1) is 14.0. The Balaban J connectivity index is 1.58. The summed E-state index contributed by atoms with van der Waals surface area (Å²) in [5.41, 5.74) is 2.23. The first kappa shape index (κ1) is 20.8. The summed E-state index contributed by atoms with van der Waals surface area (Å²) in [7, 11) is 1.59. The van der Waals surface area contributed by atoms with E-state index in [1.807, 2.05) is 42.5 Å². The lowest BCUT2D eigenvalue weighted by molar-refractivity contribution is 0.0977. The summed E-state index contributed by atoms with van der Waals surface area (Å²) < 4.78 is 11.8. The first-order valence-electron chi connectivity index (χ1n) is 8.78. The van der Waals surface area contributed by atoms with Gasteiger partial charge in [0.15, 0.2) is 5.11 Å². The zero-order valence-corrected chi connectivity index (χ0v) is 18.0. The van der Waals surface area contributed by atoms with E-state index < -0.39 is 0 Å². The molecule has 0 unspecified atom stereocenters. The van der Waals surface area contributed by atoms with Gasteiger partial charge in [-0.1, -0.05) is 36.4 Å². The van der Waals surface area contributed by atoms with Crippen LogP contribution in [0.5, 0.6) is 11.5 Å². The number of hydrogen-bond acceptors (Lipinski definition) is 4. The minimum Gasteiger partial charge on any atom is -0.496 e. The van der Waals surface area contributed by atoms with Gasteiger partial charge < -0.3 is 14.8 Å². The third kappa shape index (κ3) is 6.04. The van der Waals surface area contributed by atoms with Gasteiger partial charge in [0.1, 0.15) is 18.1 Å². The highest BCUT2D eigenvalue weighted by Crippen LogP contribution is 2.27. The molecule has 148 valence electrons. The molecule has 0 aliphatic heterocycles. The summed E-state index contributed by atoms with van der Waals surface area (Å²) in [4.78, 5) is 12.5. The predicted molar refractivity (Wildman–Crippen MR) is 122 cm³/mol. The molecular formula is C22H19BrN2O3S. The number of methoxy groups -OCH3 is 1. The van der Waals surface area contributed by atoms with Crippen molar-refractivity contribution in [3.05, 3.63) is 88.4 Å². The maximum Gasteiger partial charge on any atom is 0.257 e. The Labute approximate surface area is 183 Å². The van der Waals surface area contributed by atoms with Crippen LogP contribution in [0.25, 0.3) is 0 Å². The number of hydrogen-bond donors (Lipinski definition) is 2. The van der Waals surface area contributed by atoms with Gasteiger partial charge in [0, 0.05) is 11.3 Å². The molecule has 0 bridgehead atoms. The largest absolute Gasteiger partial charge is 0.496 e. The van der Waals surface area contributed by atoms with Crippen LogP contribution < -0.4 is 20.1 Å². The molecule has 0 saturated heterocycles. The van der Waals surface area contributed by atoms with Crippen molar-refractivity contribution in [2.24, 2.45) is 0 Å². The van der Waals surface area contributed by atoms with Crippen molar-refractivity contribution in [1.82, 2.24) is 5.32 Å². The van der Waals surface area contributed by atoms with Crippen molar-refractivity contribution in [3.63, 3.8) is 0 Å². The summed E-state index contributed by atoms with van der Waals surface area (Å²) in [5, 5.41) is 5.85. The van der Waals surface area contributed by atoms with Gasteiger partial charge in [0.2, 0.25) is 0 Å². The van der Waals surface area contributed by atoms with Gasteiger partial charge in [-0.3, -0.25) is 10.1 Å². The summed E-state index contributed by atoms with van der Waals surface area (Å²) in [6.07, 6.45) is 0. The smallest absolute Gasteiger partial charge is 0.257 e. The number of nitrogens with one attached hydrogen (secondary N) is 2. The van der Waals surface area contributed by atoms with Gasteiger partial charge in [-0.15, -0.1) is 0 Å². The molecule has 0 fully saturated rings. The number of amides is 1. The van der Waals surface area contributed by atoms with Gasteiger partial charge in [-0.25, -0.2) is 0 Å². The molecule has 3 aromatic rings. The number of rotatable bonds is 6. The molecule has 0 spiro atoms. The first-order valence-corrected chi connectivity index (χ1v) is 9.98. The highest BCUT2D eigenvalue weighted by molar-refractivity contribution is 9.10. The van der Waals surface area contributed by atoms with E-state index in [0.717, 1.165) is 15.7 Å². The lowest BCUT2D eigenvalue weighted by Gasteiger charge is -2.12. The lowest BCUT2D eigenvalue weighted by Crippen LogP contribution is -2.34. The fourth-order valence-corrected chi connectivity index (χ4v) is 3.30. The van der Waals surface area contributed by atoms with Crippen molar-refractivity contribution in [2.75, 3.05) is 12.4 Å². The Hall–Kier alpha value is -2.90. The topological polar surface area (TPSA) is 59.6 Å². The Morgan fingerprint density at radius 2 is 1.83 bits per heavy atom. The molecule has 0 radical (unpaired) electrons. The molecule has 29 heavy (non-hydrogen) atoms. The van der Waals surface area contributed by atoms with Crippen molar-refractivity contribution in [3.8, 4) is 11.5 Å². The fraction of sp³-hybridized carbons (Fsp3) is 0.0909. The number of thiocarbonyl (C=S) groups is 1. The van der Waals surface area contributed by atoms with Gasteiger partial charge in [-0.05, 0) is 70.1 Å². The summed E-state index contributed by atoms with van der Waals surface area (Å²) in [6.45, 7) is 0.429. The standard InChI is InChI=1S/C22H19BrN2O3S/c1-27-20-11-10-17(13-19(20)23)24-22(29)25-21(26)16-8-5-9-18(12-16)28-14-15-6-3-2-4-7-15/h2-13H,14H2,1H3,(H2,24,25,26,29). The van der Waals surface area contributed by atoms with E-state index in [2.05, 4.69) is 26.6 Å². The number of carbonyl (C=O) groups is 1. The maximum absolute atomic E-state index is 12.5. The van der Waals surface area contributed by atoms with Crippen molar-refractivity contribution in [1.29, 1.82) is 0 Å². The van der Waals surface area contributed by atoms with Gasteiger partial charge in [-0.2, -0.15) is 0 Å². The van der Waals surface area contributed by atoms with E-state index in [1.165, 1.54) is 0 Å². The monoisotopic (exact) mass is 470 g/mol. The quantitative estimate of drug-likeness (QED) is 0.487. The average Bonchev–Trinajstić information content (AvgIpc) is 2.73. The van der Waals surface area contributed by atoms with E-state index in [-0.39, 0.29) is 11.0 Å². The second kappa shape index (κ2) is 10.0. The van der Waals surface area contributed by atoms with Gasteiger partial charge in [0.05, 0.1) is 11.6 Å². The Bertz CT molecular complexity index is 1010. The van der Waals surface area contributed by atoms with Crippen LogP contribution in [0.3, 0.4) is 0 Å². The minimum atomic E-state index is -0.319. The third-order valence-corrected chi connectivity index (χ3v) is 4.81. The van der Waals surface area contributed by atoms with Gasteiger partial charge >= 0.3 is 0 Å². The Kier molecular flexibility index (Phi) is 7.21. The molecule has 0 aliphatic carbocycles. The lowest BCUT2D eigenvalue weighted by atomic mass is 10.2. The zero-order valence-electron chi connectivity index (χ0n) is 15.6. The Morgan fingerprint density at radius 1 is 1.03 bits per heavy atom. The number of anilines is 1. The van der Waals surface area contributed by atoms with Crippen LogP contribution >= 0.6 is 28.1 Å². The van der Waals surface area contributed by atoms with Crippen LogP contribution in [0.4, 0.5) is 5.69 Å². The van der Waals surface area contributed by atoms with E-state index >= 15 is 0 Å². The molecule has 5 nitrogen and oxygen atoms in total. The molecule has 0 saturated carbocycles. The highest BCUT2D eigenvalue weighted by Gasteiger charge is 2.10. The molecule has 0 aromatic heterocycles. The van der Waals surface area contributed by atoms with E-state index in [4.69, 9.17) is 21.7 Å². The van der Waals surface area contributed by atoms with Crippen LogP contribution in [0.1, 0.15) is 15.9 Å². The van der Waals surface area contributed by atoms with E-state index in [9.17, 15) is 4.79 Å². The second-order valence-electron chi connectivity index (χ2n) is 6.06. The van der Waals surface area contributed by atoms with Crippen molar-refractivity contribution in [2.45, 2.75) is 6.61 Å². The zero-order chi connectivity index (χ0) is 20.6. The molecule has 0 heterocycles. The second-order valence-corrected chi connectivity index (χ2v) is 7.32. The van der Waals surface area contributed by atoms with Crippen LogP contribution in [0.2, 0.25) is 0 Å². The fourth-order valence-electron chi connectivity index (χ4n) is 2.55. The maximum atomic E-state index is 12.5. The van der Waals surface area contributed by atoms with Crippen LogP contribution in [-0.2, 0) is 6.61 Å². The van der Waals surface area contributed by atoms with Crippen LogP contribution in [0.15, 0.2) is 77.3 Å². The number of halogens is 1. The van der Waals surface area contributed by atoms with E-state index in [0.29, 0.717) is 23.7 Å². The molecule has 0 aliphatic rings. The minimum absolute atomic E-state index is 0.197. The number of carbonyl (C=O) groups excluding carboxylic acids is 1. The molecule has 7 heteroatoms. The number of ether oxygens (including phenoxy) is 2. The highest BCUT2D eigenvalue weighted by atomic mass is 79.9. The predicted octanol–water partition coefficient (Wildman–Crippen LogP) is 5.16. The summed E-state index contributed by atoms with van der Waals surface area (Å²) in [6, 6.07) is 22.2. The average molecular weight is 471 g/mol. The normalized spacial score (nSPS) is 10.1. The SMILES string of the molecule is COc1ccc(NC(=S)NC(=O)c2cccc(OCc3ccccc3)c2)cc1Br. The third-order valence-electron chi connectivity index (χ3n) is 3.98.